The van der Waals surface area contributed by atoms with Crippen LogP contribution in [0.25, 0.3) is 0 Å². The molecule has 13 heteroatoms. The van der Waals surface area contributed by atoms with Crippen LogP contribution < -0.4 is 79.1 Å². The van der Waals surface area contributed by atoms with Crippen LogP contribution in [-0.2, 0) is 33.9 Å². The molecule has 0 atom stereocenters. The Labute approximate surface area is 195 Å². The summed E-state index contributed by atoms with van der Waals surface area (Å²) in [5, 5.41) is 40.0. The van der Waals surface area contributed by atoms with Crippen LogP contribution in [0.5, 0.6) is 0 Å². The molecule has 0 aliphatic carbocycles. The zero-order valence-corrected chi connectivity index (χ0v) is 18.1. The number of carboxylic acid groups (broad SMARTS) is 3. The molecule has 0 fully saturated rings. The predicted octanol–water partition coefficient (Wildman–Crippen LogP) is -13.0. The minimum Gasteiger partial charge on any atom is -1.00 e. The van der Waals surface area contributed by atoms with E-state index in [0.717, 1.165) is 4.90 Å². The smallest absolute Gasteiger partial charge is 1.00 e. The maximum Gasteiger partial charge on any atom is 3.00 e. The van der Waals surface area contributed by atoms with Gasteiger partial charge in [-0.05, 0) is 0 Å². The molecule has 10 nitrogen and oxygen atoms in total. The molecule has 0 aromatic heterocycles. The van der Waals surface area contributed by atoms with Crippen LogP contribution in [0.3, 0.4) is 0 Å². The minimum atomic E-state index is -1.45. The van der Waals surface area contributed by atoms with Gasteiger partial charge in [-0.1, -0.05) is 0 Å². The molecule has 3 N–H and O–H groups in total. The van der Waals surface area contributed by atoms with Crippen molar-refractivity contribution in [1.29, 1.82) is 0 Å². The molecule has 1 radical (unpaired) electrons. The van der Waals surface area contributed by atoms with Gasteiger partial charge in [-0.2, -0.15) is 0 Å². The zero-order chi connectivity index (χ0) is 14.8. The van der Waals surface area contributed by atoms with Crippen LogP contribution in [0.2, 0.25) is 0 Å². The first-order valence-electron chi connectivity index (χ1n) is 5.50. The third kappa shape index (κ3) is 22.8. The van der Waals surface area contributed by atoms with Crippen LogP contribution in [0.4, 0.5) is 0 Å². The molecule has 23 heavy (non-hydrogen) atoms. The number of aliphatic hydroxyl groups is 1. The molecule has 0 rings (SSSR count). The Morgan fingerprint density at radius 3 is 1.39 bits per heavy atom. The van der Waals surface area contributed by atoms with Crippen molar-refractivity contribution < 1.29 is 124 Å². The second-order valence-electron chi connectivity index (χ2n) is 3.83. The van der Waals surface area contributed by atoms with E-state index in [-0.39, 0.29) is 115 Å². The molecule has 0 saturated carbocycles. The number of carboxylic acids is 3. The van der Waals surface area contributed by atoms with E-state index >= 15 is 0 Å². The molecular formula is C10H17ClKN2O8Ru. The summed E-state index contributed by atoms with van der Waals surface area (Å²) in [6.07, 6.45) is 0. The summed E-state index contributed by atoms with van der Waals surface area (Å²) in [7, 11) is 0. The Morgan fingerprint density at radius 2 is 1.09 bits per heavy atom. The van der Waals surface area contributed by atoms with E-state index < -0.39 is 37.5 Å². The van der Waals surface area contributed by atoms with Crippen LogP contribution in [0.15, 0.2) is 0 Å². The third-order valence-electron chi connectivity index (χ3n) is 2.21. The average Bonchev–Trinajstić information content (AvgIpc) is 2.23. The molecular weight excluding hydrogens is 452 g/mol. The fraction of sp³-hybridized carbons (Fsp3) is 0.700. The molecule has 0 unspecified atom stereocenters. The van der Waals surface area contributed by atoms with Gasteiger partial charge in [-0.15, -0.1) is 0 Å². The third-order valence-corrected chi connectivity index (χ3v) is 2.21. The standard InChI is InChI=1S/C10H18N2O7.ClH.K.H2O.Ru/c13-4-3-11(5-8(14)15)1-2-12(6-9(16)17)7-10(18)19;;;;/h13H,1-7H2,(H,14,15)(H,16,17)(H,18,19);1H;;1H2;/q;;+1;;+3/p-4. The number of hydrogen-bond donors (Lipinski definition) is 1. The first-order chi connectivity index (χ1) is 8.85. The van der Waals surface area contributed by atoms with E-state index in [2.05, 4.69) is 0 Å². The van der Waals surface area contributed by atoms with Gasteiger partial charge in [0.15, 0.2) is 0 Å². The van der Waals surface area contributed by atoms with Gasteiger partial charge in [-0.25, -0.2) is 0 Å². The van der Waals surface area contributed by atoms with Crippen molar-refractivity contribution in [3.05, 3.63) is 0 Å². The number of aliphatic carboxylic acids is 3. The molecule has 0 aromatic carbocycles. The fourth-order valence-electron chi connectivity index (χ4n) is 1.46. The number of hydrogen-bond acceptors (Lipinski definition) is 9. The second kappa shape index (κ2) is 20.8. The molecule has 0 aliphatic heterocycles. The van der Waals surface area contributed by atoms with E-state index in [1.165, 1.54) is 4.90 Å². The summed E-state index contributed by atoms with van der Waals surface area (Å²) in [6.45, 7) is -1.83. The van der Waals surface area contributed by atoms with Crippen LogP contribution in [-0.4, -0.2) is 84.2 Å². The molecule has 0 aliphatic rings. The first kappa shape index (κ1) is 35.0. The molecule has 0 amide bonds. The second-order valence-corrected chi connectivity index (χ2v) is 3.83. The van der Waals surface area contributed by atoms with Crippen molar-refractivity contribution in [3.63, 3.8) is 0 Å². The predicted molar refractivity (Wildman–Crippen MR) is 58.6 cm³/mol. The SMILES string of the molecule is O.O=C([O-])CN(CCO)CCN(CC(=O)[O-])CC(=O)[O-].[Cl-].[K+].[Ru+3]. The van der Waals surface area contributed by atoms with Crippen molar-refractivity contribution in [1.82, 2.24) is 9.80 Å². The van der Waals surface area contributed by atoms with Gasteiger partial charge in [0, 0.05) is 39.3 Å². The van der Waals surface area contributed by atoms with E-state index in [1.54, 1.807) is 0 Å². The molecule has 0 heterocycles. The van der Waals surface area contributed by atoms with E-state index in [4.69, 9.17) is 5.11 Å². The van der Waals surface area contributed by atoms with Gasteiger partial charge in [0.05, 0.1) is 24.5 Å². The van der Waals surface area contributed by atoms with Crippen molar-refractivity contribution in [2.45, 2.75) is 0 Å². The van der Waals surface area contributed by atoms with Crippen LogP contribution >= 0.6 is 0 Å². The molecule has 0 spiro atoms. The largest absolute Gasteiger partial charge is 3.00 e. The summed E-state index contributed by atoms with van der Waals surface area (Å²) in [5.41, 5.74) is 0. The Bertz CT molecular complexity index is 324. The molecule has 0 saturated heterocycles. The fourth-order valence-corrected chi connectivity index (χ4v) is 1.46. The topological polar surface area (TPSA) is 179 Å². The first-order valence-corrected chi connectivity index (χ1v) is 5.50. The summed E-state index contributed by atoms with van der Waals surface area (Å²) < 4.78 is 0. The van der Waals surface area contributed by atoms with Gasteiger partial charge in [-0.3, -0.25) is 9.80 Å². The number of rotatable bonds is 11. The quantitative estimate of drug-likeness (QED) is 0.288. The summed E-state index contributed by atoms with van der Waals surface area (Å²) >= 11 is 0. The molecule has 0 aromatic rings. The van der Waals surface area contributed by atoms with Gasteiger partial charge < -0.3 is 52.7 Å². The number of carbonyl (C=O) groups excluding carboxylic acids is 3. The number of halogens is 1. The van der Waals surface area contributed by atoms with Gasteiger partial charge in [0.1, 0.15) is 0 Å². The Hall–Kier alpha value is 0.800. The number of nitrogens with zero attached hydrogens (tertiary/aromatic N) is 2. The van der Waals surface area contributed by atoms with E-state index in [9.17, 15) is 29.7 Å². The summed E-state index contributed by atoms with van der Waals surface area (Å²) in [5.74, 6) is -4.25. The number of aliphatic hydroxyl groups excluding tert-OH is 1. The summed E-state index contributed by atoms with van der Waals surface area (Å²) in [6, 6.07) is 0. The van der Waals surface area contributed by atoms with Gasteiger partial charge >= 0.3 is 70.9 Å². The number of carbonyl (C=O) groups is 3. The van der Waals surface area contributed by atoms with Crippen molar-refractivity contribution >= 4 is 17.9 Å². The van der Waals surface area contributed by atoms with Crippen molar-refractivity contribution in [2.75, 3.05) is 45.9 Å². The average molecular weight is 469 g/mol. The monoisotopic (exact) mass is 469 g/mol. The van der Waals surface area contributed by atoms with Crippen LogP contribution in [0.1, 0.15) is 0 Å². The summed E-state index contributed by atoms with van der Waals surface area (Å²) in [4.78, 5) is 33.6. The van der Waals surface area contributed by atoms with Gasteiger partial charge in [0.2, 0.25) is 0 Å². The molecule has 0 bridgehead atoms. The maximum atomic E-state index is 10.4. The van der Waals surface area contributed by atoms with Crippen molar-refractivity contribution in [3.8, 4) is 0 Å². The Morgan fingerprint density at radius 1 is 0.783 bits per heavy atom. The normalized spacial score (nSPS) is 9.00. The Kier molecular flexibility index (Phi) is 31.7. The zero-order valence-electron chi connectivity index (χ0n) is 12.5. The van der Waals surface area contributed by atoms with Crippen LogP contribution in [0, 0.1) is 0 Å². The van der Waals surface area contributed by atoms with Crippen molar-refractivity contribution in [2.24, 2.45) is 0 Å². The van der Waals surface area contributed by atoms with E-state index in [1.807, 2.05) is 0 Å². The maximum absolute atomic E-state index is 10.4. The van der Waals surface area contributed by atoms with E-state index in [0.29, 0.717) is 0 Å². The minimum absolute atomic E-state index is 0. The van der Waals surface area contributed by atoms with Gasteiger partial charge in [0.25, 0.3) is 0 Å². The Balaban J connectivity index is -0.000000270. The molecule has 131 valence electrons.